The van der Waals surface area contributed by atoms with E-state index in [2.05, 4.69) is 26.1 Å². The number of carbonyl (C=O) groups is 1. The van der Waals surface area contributed by atoms with Crippen molar-refractivity contribution in [3.63, 3.8) is 0 Å². The summed E-state index contributed by atoms with van der Waals surface area (Å²) in [7, 11) is 0. The summed E-state index contributed by atoms with van der Waals surface area (Å²) in [4.78, 5) is 12.7. The normalized spacial score (nSPS) is 33.8. The summed E-state index contributed by atoms with van der Waals surface area (Å²) < 4.78 is 0. The van der Waals surface area contributed by atoms with Crippen LogP contribution in [0.1, 0.15) is 76.1 Å². The predicted molar refractivity (Wildman–Crippen MR) is 102 cm³/mol. The summed E-state index contributed by atoms with van der Waals surface area (Å²) in [5.74, 6) is 2.54. The van der Waals surface area contributed by atoms with Crippen molar-refractivity contribution in [2.45, 2.75) is 71.8 Å². The topological polar surface area (TPSA) is 49.3 Å². The molecule has 1 aromatic carbocycles. The number of benzene rings is 1. The Labute approximate surface area is 152 Å². The van der Waals surface area contributed by atoms with E-state index in [0.717, 1.165) is 17.8 Å². The fourth-order valence-corrected chi connectivity index (χ4v) is 5.33. The van der Waals surface area contributed by atoms with Crippen molar-refractivity contribution in [2.75, 3.05) is 0 Å². The average Bonchev–Trinajstić information content (AvgIpc) is 2.57. The van der Waals surface area contributed by atoms with Crippen LogP contribution >= 0.6 is 0 Å². The molecule has 3 rings (SSSR count). The lowest BCUT2D eigenvalue weighted by Crippen LogP contribution is -2.50. The molecule has 1 amide bonds. The number of rotatable bonds is 3. The highest BCUT2D eigenvalue weighted by molar-refractivity contribution is 5.94. The minimum Gasteiger partial charge on any atom is -0.508 e. The maximum Gasteiger partial charge on any atom is 0.251 e. The van der Waals surface area contributed by atoms with Gasteiger partial charge in [0, 0.05) is 11.6 Å². The molecule has 0 spiro atoms. The number of hydrogen-bond acceptors (Lipinski definition) is 2. The van der Waals surface area contributed by atoms with Gasteiger partial charge in [0.25, 0.3) is 5.91 Å². The molecule has 2 fully saturated rings. The van der Waals surface area contributed by atoms with Crippen molar-refractivity contribution in [3.8, 4) is 5.75 Å². The van der Waals surface area contributed by atoms with Gasteiger partial charge in [-0.15, -0.1) is 0 Å². The summed E-state index contributed by atoms with van der Waals surface area (Å²) in [5, 5.41) is 12.7. The molecule has 1 aromatic rings. The van der Waals surface area contributed by atoms with Gasteiger partial charge in [-0.25, -0.2) is 0 Å². The van der Waals surface area contributed by atoms with Gasteiger partial charge in [-0.05, 0) is 80.0 Å². The predicted octanol–water partition coefficient (Wildman–Crippen LogP) is 5.14. The van der Waals surface area contributed by atoms with E-state index in [-0.39, 0.29) is 23.1 Å². The van der Waals surface area contributed by atoms with E-state index in [1.807, 2.05) is 0 Å². The van der Waals surface area contributed by atoms with Crippen molar-refractivity contribution in [1.82, 2.24) is 5.32 Å². The van der Waals surface area contributed by atoms with E-state index in [9.17, 15) is 9.90 Å². The molecule has 5 unspecified atom stereocenters. The second-order valence-electron chi connectivity index (χ2n) is 8.94. The molecule has 2 N–H and O–H groups in total. The maximum atomic E-state index is 12.7. The van der Waals surface area contributed by atoms with Crippen molar-refractivity contribution in [1.29, 1.82) is 0 Å². The van der Waals surface area contributed by atoms with E-state index < -0.39 is 0 Å². The molecule has 138 valence electrons. The molecule has 3 heteroatoms. The highest BCUT2D eigenvalue weighted by Crippen LogP contribution is 2.51. The molecule has 2 saturated carbocycles. The first-order valence-electron chi connectivity index (χ1n) is 9.98. The lowest BCUT2D eigenvalue weighted by Gasteiger charge is -2.49. The first kappa shape index (κ1) is 18.3. The van der Waals surface area contributed by atoms with Crippen molar-refractivity contribution in [3.05, 3.63) is 29.8 Å². The van der Waals surface area contributed by atoms with Crippen LogP contribution < -0.4 is 5.32 Å². The second kappa shape index (κ2) is 7.39. The minimum atomic E-state index is -0.0215. The third-order valence-electron chi connectivity index (χ3n) is 6.78. The molecule has 0 heterocycles. The third-order valence-corrected chi connectivity index (χ3v) is 6.78. The van der Waals surface area contributed by atoms with Gasteiger partial charge in [0.1, 0.15) is 5.75 Å². The van der Waals surface area contributed by atoms with Gasteiger partial charge in [-0.1, -0.05) is 33.1 Å². The van der Waals surface area contributed by atoms with E-state index >= 15 is 0 Å². The van der Waals surface area contributed by atoms with Crippen LogP contribution in [0.25, 0.3) is 0 Å². The molecule has 0 saturated heterocycles. The number of amides is 1. The summed E-state index contributed by atoms with van der Waals surface area (Å²) in [6, 6.07) is 6.73. The molecular formula is C22H33NO2. The number of hydrogen-bond donors (Lipinski definition) is 2. The van der Waals surface area contributed by atoms with Crippen LogP contribution in [0, 0.1) is 23.2 Å². The molecule has 2 aliphatic carbocycles. The van der Waals surface area contributed by atoms with E-state index in [1.54, 1.807) is 24.3 Å². The van der Waals surface area contributed by atoms with Gasteiger partial charge in [0.15, 0.2) is 0 Å². The van der Waals surface area contributed by atoms with Gasteiger partial charge < -0.3 is 10.4 Å². The highest BCUT2D eigenvalue weighted by Gasteiger charge is 2.44. The standard InChI is InChI=1S/C22H33NO2/c1-15-4-5-18-12-16(2)13-22(14-18,11-10-15)17(3)23-21(25)19-6-8-20(24)9-7-19/h6-9,15-18,24H,4-5,10-14H2,1-3H3,(H,23,25). The van der Waals surface area contributed by atoms with Crippen LogP contribution in [0.4, 0.5) is 0 Å². The molecule has 2 aliphatic rings. The largest absolute Gasteiger partial charge is 0.508 e. The van der Waals surface area contributed by atoms with Crippen LogP contribution in [-0.2, 0) is 0 Å². The fraction of sp³-hybridized carbons (Fsp3) is 0.682. The fourth-order valence-electron chi connectivity index (χ4n) is 5.33. The Morgan fingerprint density at radius 2 is 1.84 bits per heavy atom. The van der Waals surface area contributed by atoms with Crippen LogP contribution in [0.5, 0.6) is 5.75 Å². The van der Waals surface area contributed by atoms with Gasteiger partial charge in [-0.3, -0.25) is 4.79 Å². The molecular weight excluding hydrogens is 310 g/mol. The molecule has 0 aliphatic heterocycles. The summed E-state index contributed by atoms with van der Waals surface area (Å²) >= 11 is 0. The maximum absolute atomic E-state index is 12.7. The smallest absolute Gasteiger partial charge is 0.251 e. The average molecular weight is 344 g/mol. The first-order valence-corrected chi connectivity index (χ1v) is 9.98. The van der Waals surface area contributed by atoms with Crippen molar-refractivity contribution < 1.29 is 9.90 Å². The highest BCUT2D eigenvalue weighted by atomic mass is 16.3. The SMILES string of the molecule is CC1CCC2CC(C)CC(C(C)NC(=O)c3ccc(O)cc3)(CC1)C2. The number of phenols is 1. The molecule has 5 atom stereocenters. The number of aromatic hydroxyl groups is 1. The van der Waals surface area contributed by atoms with Crippen LogP contribution in [0.3, 0.4) is 0 Å². The monoisotopic (exact) mass is 343 g/mol. The lowest BCUT2D eigenvalue weighted by molar-refractivity contribution is 0.0285. The minimum absolute atomic E-state index is 0.0215. The number of carbonyl (C=O) groups excluding carboxylic acids is 1. The van der Waals surface area contributed by atoms with Gasteiger partial charge in [0.05, 0.1) is 0 Å². The van der Waals surface area contributed by atoms with E-state index in [0.29, 0.717) is 5.56 Å². The van der Waals surface area contributed by atoms with Gasteiger partial charge in [-0.2, -0.15) is 0 Å². The molecule has 25 heavy (non-hydrogen) atoms. The second-order valence-corrected chi connectivity index (χ2v) is 8.94. The Morgan fingerprint density at radius 1 is 1.12 bits per heavy atom. The van der Waals surface area contributed by atoms with Gasteiger partial charge >= 0.3 is 0 Å². The van der Waals surface area contributed by atoms with Gasteiger partial charge in [0.2, 0.25) is 0 Å². The zero-order valence-corrected chi connectivity index (χ0v) is 15.9. The Bertz CT molecular complexity index is 597. The Kier molecular flexibility index (Phi) is 5.41. The Morgan fingerprint density at radius 3 is 2.56 bits per heavy atom. The molecule has 0 radical (unpaired) electrons. The number of fused-ring (bicyclic) bond motifs is 2. The first-order chi connectivity index (χ1) is 11.9. The third kappa shape index (κ3) is 4.19. The zero-order valence-electron chi connectivity index (χ0n) is 15.9. The molecule has 0 aromatic heterocycles. The zero-order chi connectivity index (χ0) is 18.0. The van der Waals surface area contributed by atoms with Crippen molar-refractivity contribution >= 4 is 5.91 Å². The summed E-state index contributed by atoms with van der Waals surface area (Å²) in [5.41, 5.74) is 0.865. The molecule has 3 nitrogen and oxygen atoms in total. The summed E-state index contributed by atoms with van der Waals surface area (Å²) in [6.07, 6.45) is 9.07. The summed E-state index contributed by atoms with van der Waals surface area (Å²) in [6.45, 7) is 6.98. The van der Waals surface area contributed by atoms with Crippen molar-refractivity contribution in [2.24, 2.45) is 23.2 Å². The van der Waals surface area contributed by atoms with E-state index in [4.69, 9.17) is 0 Å². The quantitative estimate of drug-likeness (QED) is 0.798. The Hall–Kier alpha value is -1.51. The van der Waals surface area contributed by atoms with Crippen LogP contribution in [0.2, 0.25) is 0 Å². The molecule has 2 bridgehead atoms. The number of phenolic OH excluding ortho intramolecular Hbond substituents is 1. The number of nitrogens with one attached hydrogen (secondary N) is 1. The Balaban J connectivity index is 1.76. The van der Waals surface area contributed by atoms with E-state index in [1.165, 1.54) is 44.9 Å². The van der Waals surface area contributed by atoms with Crippen LogP contribution in [-0.4, -0.2) is 17.1 Å². The lowest BCUT2D eigenvalue weighted by atomic mass is 9.58. The van der Waals surface area contributed by atoms with Crippen LogP contribution in [0.15, 0.2) is 24.3 Å².